The smallest absolute Gasteiger partial charge is 0.335 e. The highest BCUT2D eigenvalue weighted by atomic mass is 16.7. The third-order valence-electron chi connectivity index (χ3n) is 15.2. The molecule has 0 saturated carbocycles. The van der Waals surface area contributed by atoms with Gasteiger partial charge in [-0.15, -0.1) is 0 Å². The average molecular weight is 1190 g/mol. The first kappa shape index (κ1) is 78.7. The molecule has 0 aliphatic carbocycles. The Morgan fingerprint density at radius 3 is 1.20 bits per heavy atom. The van der Waals surface area contributed by atoms with E-state index >= 15 is 0 Å². The molecule has 12 heteroatoms. The average Bonchev–Trinajstić information content (AvgIpc) is 2.79. The number of aliphatic hydroxyl groups excluding tert-OH is 2. The van der Waals surface area contributed by atoms with Gasteiger partial charge in [0, 0.05) is 19.3 Å². The lowest BCUT2D eigenvalue weighted by Crippen LogP contribution is -2.61. The van der Waals surface area contributed by atoms with E-state index in [2.05, 4.69) is 99.8 Å². The summed E-state index contributed by atoms with van der Waals surface area (Å²) in [6, 6.07) is 0. The third kappa shape index (κ3) is 49.3. The van der Waals surface area contributed by atoms with Crippen LogP contribution in [0.4, 0.5) is 0 Å². The second-order valence-electron chi connectivity index (χ2n) is 23.1. The van der Waals surface area contributed by atoms with Crippen molar-refractivity contribution in [1.82, 2.24) is 0 Å². The molecule has 0 radical (unpaired) electrons. The first-order valence-electron chi connectivity index (χ1n) is 34.2. The lowest BCUT2D eigenvalue weighted by molar-refractivity contribution is -0.301. The maximum absolute atomic E-state index is 13.2. The van der Waals surface area contributed by atoms with Gasteiger partial charge in [-0.05, 0) is 89.9 Å². The molecule has 6 atom stereocenters. The maximum atomic E-state index is 13.2. The molecule has 0 amide bonds. The number of carboxylic acid groups (broad SMARTS) is 1. The van der Waals surface area contributed by atoms with Gasteiger partial charge in [0.2, 0.25) is 0 Å². The number of carbonyl (C=O) groups is 4. The number of allylic oxidation sites excluding steroid dienone is 16. The number of carbonyl (C=O) groups excluding carboxylic acids is 3. The molecule has 0 spiro atoms. The summed E-state index contributed by atoms with van der Waals surface area (Å²) in [6.07, 6.45) is 68.0. The molecule has 0 aromatic heterocycles. The first-order chi connectivity index (χ1) is 41.6. The summed E-state index contributed by atoms with van der Waals surface area (Å²) in [7, 11) is 0. The minimum atomic E-state index is -1.93. The molecule has 1 heterocycles. The highest BCUT2D eigenvalue weighted by Gasteiger charge is 2.50. The van der Waals surface area contributed by atoms with Gasteiger partial charge in [0.15, 0.2) is 24.6 Å². The SMILES string of the molecule is CC/C=C\C/C=C\C/C=C\C/C=C\C/C=C\C/C=C\CCC(=O)OC1C(OCC(COC(=O)CCCCCCCCCCCCCCCCCCCCC)OC(=O)CCCCCCCCC/C=C\C/C=C\CCCCC)OC(C(=O)O)C(O)C1O. The number of unbranched alkanes of at least 4 members (excludes halogenated alkanes) is 28. The van der Waals surface area contributed by atoms with Crippen molar-refractivity contribution in [2.24, 2.45) is 0 Å². The van der Waals surface area contributed by atoms with Crippen LogP contribution < -0.4 is 0 Å². The van der Waals surface area contributed by atoms with Crippen molar-refractivity contribution in [3.05, 3.63) is 97.2 Å². The molecule has 1 saturated heterocycles. The second-order valence-corrected chi connectivity index (χ2v) is 23.1. The Bertz CT molecular complexity index is 1840. The van der Waals surface area contributed by atoms with Crippen LogP contribution in [0, 0.1) is 0 Å². The largest absolute Gasteiger partial charge is 0.479 e. The summed E-state index contributed by atoms with van der Waals surface area (Å²) < 4.78 is 28.5. The number of aliphatic carboxylic acids is 1. The highest BCUT2D eigenvalue weighted by Crippen LogP contribution is 2.26. The molecule has 0 aromatic rings. The van der Waals surface area contributed by atoms with Crippen molar-refractivity contribution in [2.75, 3.05) is 13.2 Å². The van der Waals surface area contributed by atoms with Crippen LogP contribution in [0.5, 0.6) is 0 Å². The number of rotatable bonds is 58. The van der Waals surface area contributed by atoms with Crippen molar-refractivity contribution >= 4 is 23.9 Å². The molecule has 486 valence electrons. The van der Waals surface area contributed by atoms with E-state index in [4.69, 9.17) is 23.7 Å². The Balaban J connectivity index is 2.69. The van der Waals surface area contributed by atoms with Crippen molar-refractivity contribution in [3.63, 3.8) is 0 Å². The number of hydrogen-bond donors (Lipinski definition) is 3. The lowest BCUT2D eigenvalue weighted by atomic mass is 9.98. The molecule has 6 unspecified atom stereocenters. The van der Waals surface area contributed by atoms with Crippen LogP contribution in [-0.2, 0) is 42.9 Å². The minimum absolute atomic E-state index is 0.0680. The fourth-order valence-corrected chi connectivity index (χ4v) is 9.96. The van der Waals surface area contributed by atoms with Gasteiger partial charge < -0.3 is 39.0 Å². The fraction of sp³-hybridized carbons (Fsp3) is 0.726. The van der Waals surface area contributed by atoms with Gasteiger partial charge in [-0.1, -0.05) is 279 Å². The molecule has 1 aliphatic heterocycles. The molecule has 1 fully saturated rings. The predicted molar refractivity (Wildman–Crippen MR) is 349 cm³/mol. The van der Waals surface area contributed by atoms with Gasteiger partial charge in [-0.2, -0.15) is 0 Å². The van der Waals surface area contributed by atoms with E-state index < -0.39 is 67.3 Å². The van der Waals surface area contributed by atoms with Crippen LogP contribution in [-0.4, -0.2) is 89.2 Å². The van der Waals surface area contributed by atoms with E-state index in [1.165, 1.54) is 122 Å². The maximum Gasteiger partial charge on any atom is 0.335 e. The third-order valence-corrected chi connectivity index (χ3v) is 15.2. The summed E-state index contributed by atoms with van der Waals surface area (Å²) in [5.74, 6) is -3.23. The van der Waals surface area contributed by atoms with Gasteiger partial charge in [-0.3, -0.25) is 14.4 Å². The topological polar surface area (TPSA) is 175 Å². The van der Waals surface area contributed by atoms with Gasteiger partial charge in [0.05, 0.1) is 6.61 Å². The van der Waals surface area contributed by atoms with Gasteiger partial charge in [0.25, 0.3) is 0 Å². The van der Waals surface area contributed by atoms with Crippen LogP contribution in [0.15, 0.2) is 97.2 Å². The molecule has 1 aliphatic rings. The molecule has 12 nitrogen and oxygen atoms in total. The van der Waals surface area contributed by atoms with E-state index in [1.807, 2.05) is 18.2 Å². The molecule has 0 aromatic carbocycles. The van der Waals surface area contributed by atoms with Crippen LogP contribution in [0.2, 0.25) is 0 Å². The molecule has 1 rings (SSSR count). The van der Waals surface area contributed by atoms with E-state index in [0.29, 0.717) is 25.7 Å². The van der Waals surface area contributed by atoms with Gasteiger partial charge in [0.1, 0.15) is 18.8 Å². The van der Waals surface area contributed by atoms with E-state index in [1.54, 1.807) is 0 Å². The Morgan fingerprint density at radius 2 is 0.765 bits per heavy atom. The number of aliphatic hydroxyl groups is 2. The lowest BCUT2D eigenvalue weighted by Gasteiger charge is -2.40. The molecule has 3 N–H and O–H groups in total. The minimum Gasteiger partial charge on any atom is -0.479 e. The summed E-state index contributed by atoms with van der Waals surface area (Å²) in [5.41, 5.74) is 0. The number of hydrogen-bond acceptors (Lipinski definition) is 11. The first-order valence-corrected chi connectivity index (χ1v) is 34.2. The summed E-state index contributed by atoms with van der Waals surface area (Å²) in [5, 5.41) is 31.6. The molecular weight excluding hydrogens is 1070 g/mol. The zero-order valence-corrected chi connectivity index (χ0v) is 53.8. The summed E-state index contributed by atoms with van der Waals surface area (Å²) in [4.78, 5) is 51.4. The summed E-state index contributed by atoms with van der Waals surface area (Å²) >= 11 is 0. The Kier molecular flexibility index (Phi) is 55.5. The second kappa shape index (κ2) is 59.9. The number of esters is 3. The Labute approximate surface area is 517 Å². The zero-order valence-electron chi connectivity index (χ0n) is 53.8. The molecular formula is C73H122O12. The van der Waals surface area contributed by atoms with Crippen LogP contribution in [0.25, 0.3) is 0 Å². The molecule has 85 heavy (non-hydrogen) atoms. The summed E-state index contributed by atoms with van der Waals surface area (Å²) in [6.45, 7) is 5.86. The van der Waals surface area contributed by atoms with Crippen molar-refractivity contribution in [3.8, 4) is 0 Å². The van der Waals surface area contributed by atoms with Crippen LogP contribution in [0.1, 0.15) is 290 Å². The zero-order chi connectivity index (χ0) is 61.7. The van der Waals surface area contributed by atoms with Crippen molar-refractivity contribution in [1.29, 1.82) is 0 Å². The van der Waals surface area contributed by atoms with Gasteiger partial charge >= 0.3 is 23.9 Å². The van der Waals surface area contributed by atoms with Crippen molar-refractivity contribution in [2.45, 2.75) is 327 Å². The quantitative estimate of drug-likeness (QED) is 0.0228. The van der Waals surface area contributed by atoms with E-state index in [-0.39, 0.29) is 25.9 Å². The van der Waals surface area contributed by atoms with Gasteiger partial charge in [-0.25, -0.2) is 4.79 Å². The normalized spacial score (nSPS) is 18.1. The Morgan fingerprint density at radius 1 is 0.400 bits per heavy atom. The number of carboxylic acids is 1. The monoisotopic (exact) mass is 1190 g/mol. The predicted octanol–water partition coefficient (Wildman–Crippen LogP) is 18.8. The van der Waals surface area contributed by atoms with E-state index in [0.717, 1.165) is 103 Å². The standard InChI is InChI=1S/C73H122O12/c1-4-7-10-13-16-19-22-25-28-31-33-36-38-41-44-47-50-53-56-59-65(74)81-62-64(83-66(75)60-57-54-51-48-45-42-39-35-30-27-24-21-18-15-12-9-6-3)63-82-73-71(69(78)68(77)70(85-73)72(79)80)84-67(76)61-58-55-52-49-46-43-40-37-34-32-29-26-23-20-17-14-11-8-5-2/h8,11,17-18,20-21,26-27,29-30,34,37,43,46,52,55,64,68-71,73,77-78H,4-7,9-10,12-16,19,22-25,28,31-33,35-36,38-42,44-45,47-51,53-54,56-63H2,1-3H3,(H,79,80)/b11-8-,20-17-,21-18-,29-26-,30-27-,37-34-,46-43-,55-52-. The molecule has 0 bridgehead atoms. The fourth-order valence-electron chi connectivity index (χ4n) is 9.96. The van der Waals surface area contributed by atoms with Crippen LogP contribution in [0.3, 0.4) is 0 Å². The van der Waals surface area contributed by atoms with E-state index in [9.17, 15) is 34.5 Å². The Hall–Kier alpha value is -4.36. The highest BCUT2D eigenvalue weighted by molar-refractivity contribution is 5.74. The van der Waals surface area contributed by atoms with Crippen molar-refractivity contribution < 1.29 is 58.2 Å². The van der Waals surface area contributed by atoms with Crippen LogP contribution >= 0.6 is 0 Å². The number of ether oxygens (including phenoxy) is 5.